The van der Waals surface area contributed by atoms with E-state index in [2.05, 4.69) is 4.74 Å². The number of rotatable bonds is 10. The van der Waals surface area contributed by atoms with Crippen LogP contribution in [0.3, 0.4) is 0 Å². The van der Waals surface area contributed by atoms with Gasteiger partial charge in [0, 0.05) is 21.1 Å². The number of carbonyl (C=O) groups is 1. The van der Waals surface area contributed by atoms with Crippen LogP contribution in [0.25, 0.3) is 0 Å². The van der Waals surface area contributed by atoms with Crippen LogP contribution in [0.5, 0.6) is 0 Å². The number of methoxy groups -OCH3 is 2. The topological polar surface area (TPSA) is 63.2 Å². The van der Waals surface area contributed by atoms with Crippen LogP contribution in [0.15, 0.2) is 0 Å². The van der Waals surface area contributed by atoms with Crippen LogP contribution in [0, 0.1) is 0 Å². The Morgan fingerprint density at radius 1 is 0.833 bits per heavy atom. The largest absolute Gasteiger partial charge is 0.466 e. The molecule has 0 aliphatic heterocycles. The van der Waals surface area contributed by atoms with Crippen molar-refractivity contribution < 1.29 is 28.5 Å². The average molecular weight is 266 g/mol. The third kappa shape index (κ3) is 24.5. The van der Waals surface area contributed by atoms with Crippen LogP contribution >= 0.6 is 0 Å². The highest BCUT2D eigenvalue weighted by molar-refractivity contribution is 5.65. The summed E-state index contributed by atoms with van der Waals surface area (Å²) < 4.78 is 24.3. The SMILES string of the molecule is CCOC(C)=O.COCCOCCOCCOC. The van der Waals surface area contributed by atoms with Gasteiger partial charge in [0.15, 0.2) is 0 Å². The van der Waals surface area contributed by atoms with Gasteiger partial charge in [-0.15, -0.1) is 0 Å². The second-order valence-corrected chi connectivity index (χ2v) is 3.13. The van der Waals surface area contributed by atoms with Crippen molar-refractivity contribution in [3.63, 3.8) is 0 Å². The summed E-state index contributed by atoms with van der Waals surface area (Å²) in [5.74, 6) is -0.211. The predicted octanol–water partition coefficient (Wildman–Crippen LogP) is 0.882. The van der Waals surface area contributed by atoms with Crippen LogP contribution in [0.1, 0.15) is 13.8 Å². The summed E-state index contributed by atoms with van der Waals surface area (Å²) >= 11 is 0. The molecule has 0 rings (SSSR count). The lowest BCUT2D eigenvalue weighted by atomic mass is 10.7. The third-order valence-electron chi connectivity index (χ3n) is 1.58. The van der Waals surface area contributed by atoms with Crippen molar-refractivity contribution in [2.75, 3.05) is 60.5 Å². The first kappa shape index (κ1) is 19.6. The fourth-order valence-electron chi connectivity index (χ4n) is 0.810. The zero-order valence-corrected chi connectivity index (χ0v) is 11.9. The summed E-state index contributed by atoms with van der Waals surface area (Å²) in [7, 11) is 3.30. The number of esters is 1. The van der Waals surface area contributed by atoms with E-state index in [0.29, 0.717) is 46.2 Å². The number of ether oxygens (including phenoxy) is 5. The smallest absolute Gasteiger partial charge is 0.302 e. The Bertz CT molecular complexity index is 153. The average Bonchev–Trinajstić information content (AvgIpc) is 2.33. The predicted molar refractivity (Wildman–Crippen MR) is 67.7 cm³/mol. The molecule has 0 amide bonds. The lowest BCUT2D eigenvalue weighted by Gasteiger charge is -2.04. The van der Waals surface area contributed by atoms with E-state index >= 15 is 0 Å². The quantitative estimate of drug-likeness (QED) is 0.432. The van der Waals surface area contributed by atoms with Gasteiger partial charge in [-0.25, -0.2) is 0 Å². The van der Waals surface area contributed by atoms with E-state index in [1.165, 1.54) is 6.92 Å². The Balaban J connectivity index is 0. The van der Waals surface area contributed by atoms with Crippen molar-refractivity contribution >= 4 is 5.97 Å². The maximum atomic E-state index is 9.82. The van der Waals surface area contributed by atoms with Gasteiger partial charge in [-0.3, -0.25) is 4.79 Å². The van der Waals surface area contributed by atoms with Crippen molar-refractivity contribution in [2.45, 2.75) is 13.8 Å². The zero-order chi connectivity index (χ0) is 14.1. The molecule has 0 fully saturated rings. The molecule has 0 aromatic heterocycles. The zero-order valence-electron chi connectivity index (χ0n) is 11.9. The fraction of sp³-hybridized carbons (Fsp3) is 0.917. The molecule has 18 heavy (non-hydrogen) atoms. The highest BCUT2D eigenvalue weighted by atomic mass is 16.5. The maximum Gasteiger partial charge on any atom is 0.302 e. The minimum atomic E-state index is -0.211. The minimum absolute atomic E-state index is 0.211. The van der Waals surface area contributed by atoms with Crippen LogP contribution < -0.4 is 0 Å². The Morgan fingerprint density at radius 3 is 1.44 bits per heavy atom. The van der Waals surface area contributed by atoms with Crippen molar-refractivity contribution in [1.82, 2.24) is 0 Å². The molecule has 0 atom stereocenters. The van der Waals surface area contributed by atoms with E-state index in [-0.39, 0.29) is 5.97 Å². The molecular formula is C12H26O6. The highest BCUT2D eigenvalue weighted by Gasteiger charge is 1.88. The summed E-state index contributed by atoms with van der Waals surface area (Å²) in [5, 5.41) is 0. The van der Waals surface area contributed by atoms with Gasteiger partial charge < -0.3 is 23.7 Å². The Kier molecular flexibility index (Phi) is 20.4. The van der Waals surface area contributed by atoms with Crippen molar-refractivity contribution in [3.8, 4) is 0 Å². The molecule has 0 unspecified atom stereocenters. The molecule has 110 valence electrons. The van der Waals surface area contributed by atoms with E-state index in [4.69, 9.17) is 18.9 Å². The molecule has 0 saturated heterocycles. The molecule has 0 spiro atoms. The number of carbonyl (C=O) groups excluding carboxylic acids is 1. The lowest BCUT2D eigenvalue weighted by molar-refractivity contribution is -0.140. The van der Waals surface area contributed by atoms with Crippen molar-refractivity contribution in [2.24, 2.45) is 0 Å². The summed E-state index contributed by atoms with van der Waals surface area (Å²) in [5.41, 5.74) is 0. The van der Waals surface area contributed by atoms with Gasteiger partial charge in [0.25, 0.3) is 0 Å². The Labute approximate surface area is 109 Å². The molecule has 0 saturated carbocycles. The van der Waals surface area contributed by atoms with Gasteiger partial charge in [-0.1, -0.05) is 0 Å². The lowest BCUT2D eigenvalue weighted by Crippen LogP contribution is -2.10. The summed E-state index contributed by atoms with van der Waals surface area (Å²) in [4.78, 5) is 9.82. The van der Waals surface area contributed by atoms with E-state index in [0.717, 1.165) is 0 Å². The molecule has 0 heterocycles. The number of hydrogen-bond donors (Lipinski definition) is 0. The summed E-state index contributed by atoms with van der Waals surface area (Å²) in [6, 6.07) is 0. The summed E-state index contributed by atoms with van der Waals surface area (Å²) in [6.07, 6.45) is 0. The van der Waals surface area contributed by atoms with Crippen LogP contribution in [-0.4, -0.2) is 66.4 Å². The van der Waals surface area contributed by atoms with E-state index in [1.54, 1.807) is 21.1 Å². The van der Waals surface area contributed by atoms with Gasteiger partial charge in [0.1, 0.15) is 0 Å². The minimum Gasteiger partial charge on any atom is -0.466 e. The first-order valence-corrected chi connectivity index (χ1v) is 5.95. The van der Waals surface area contributed by atoms with Gasteiger partial charge in [0.05, 0.1) is 46.2 Å². The Morgan fingerprint density at radius 2 is 1.22 bits per heavy atom. The third-order valence-corrected chi connectivity index (χ3v) is 1.58. The van der Waals surface area contributed by atoms with Crippen molar-refractivity contribution in [3.05, 3.63) is 0 Å². The first-order valence-electron chi connectivity index (χ1n) is 5.95. The molecule has 0 aliphatic carbocycles. The molecule has 0 radical (unpaired) electrons. The van der Waals surface area contributed by atoms with Gasteiger partial charge in [0.2, 0.25) is 0 Å². The fourth-order valence-corrected chi connectivity index (χ4v) is 0.810. The molecule has 6 nitrogen and oxygen atoms in total. The van der Waals surface area contributed by atoms with Gasteiger partial charge in [-0.2, -0.15) is 0 Å². The standard InChI is InChI=1S/C8H18O4.C4H8O2/c1-9-3-5-11-7-8-12-6-4-10-2;1-3-6-4(2)5/h3-8H2,1-2H3;3H2,1-2H3. The first-order chi connectivity index (χ1) is 8.68. The molecule has 0 N–H and O–H groups in total. The molecule has 0 bridgehead atoms. The molecule has 0 aromatic rings. The second-order valence-electron chi connectivity index (χ2n) is 3.13. The van der Waals surface area contributed by atoms with Crippen molar-refractivity contribution in [1.29, 1.82) is 0 Å². The second kappa shape index (κ2) is 18.7. The Hall–Kier alpha value is -0.690. The molecular weight excluding hydrogens is 240 g/mol. The molecule has 0 aromatic carbocycles. The molecule has 0 aliphatic rings. The van der Waals surface area contributed by atoms with Gasteiger partial charge in [-0.05, 0) is 6.92 Å². The van der Waals surface area contributed by atoms with Gasteiger partial charge >= 0.3 is 5.97 Å². The molecule has 6 heteroatoms. The van der Waals surface area contributed by atoms with Crippen LogP contribution in [0.2, 0.25) is 0 Å². The van der Waals surface area contributed by atoms with E-state index < -0.39 is 0 Å². The van der Waals surface area contributed by atoms with Crippen LogP contribution in [0.4, 0.5) is 0 Å². The van der Waals surface area contributed by atoms with E-state index in [9.17, 15) is 4.79 Å². The summed E-state index contributed by atoms with van der Waals surface area (Å²) in [6.45, 7) is 7.42. The maximum absolute atomic E-state index is 9.82. The van der Waals surface area contributed by atoms with E-state index in [1.807, 2.05) is 0 Å². The number of hydrogen-bond acceptors (Lipinski definition) is 6. The highest BCUT2D eigenvalue weighted by Crippen LogP contribution is 1.79. The monoisotopic (exact) mass is 266 g/mol. The van der Waals surface area contributed by atoms with Crippen LogP contribution in [-0.2, 0) is 28.5 Å². The normalized spacial score (nSPS) is 9.56.